The van der Waals surface area contributed by atoms with E-state index >= 15 is 0 Å². The standard InChI is InChI=1S/C25H23N3O4S/c1-2-23(32-24-11-5-8-18-7-3-4-10-22(18)24)25(29)27-19-12-14-21(15-13-19)33(30,31)28-20-9-6-16-26-17-20/h3-17,23,28H,2H2,1H3,(H,27,29)/t23-/m1/s1. The Morgan fingerprint density at radius 2 is 1.70 bits per heavy atom. The number of aromatic nitrogens is 1. The van der Waals surface area contributed by atoms with E-state index in [9.17, 15) is 13.2 Å². The van der Waals surface area contributed by atoms with Crippen LogP contribution in [0.3, 0.4) is 0 Å². The van der Waals surface area contributed by atoms with Crippen molar-refractivity contribution in [2.75, 3.05) is 10.0 Å². The second-order valence-corrected chi connectivity index (χ2v) is 9.04. The monoisotopic (exact) mass is 461 g/mol. The molecule has 0 aliphatic heterocycles. The molecule has 8 heteroatoms. The van der Waals surface area contributed by atoms with Gasteiger partial charge in [0.25, 0.3) is 15.9 Å². The number of nitrogens with one attached hydrogen (secondary N) is 2. The van der Waals surface area contributed by atoms with Crippen LogP contribution in [0.4, 0.5) is 11.4 Å². The number of hydrogen-bond acceptors (Lipinski definition) is 5. The number of nitrogens with zero attached hydrogens (tertiary/aromatic N) is 1. The van der Waals surface area contributed by atoms with E-state index in [2.05, 4.69) is 15.0 Å². The molecule has 33 heavy (non-hydrogen) atoms. The van der Waals surface area contributed by atoms with Crippen molar-refractivity contribution in [3.63, 3.8) is 0 Å². The average molecular weight is 462 g/mol. The number of pyridine rings is 1. The van der Waals surface area contributed by atoms with Gasteiger partial charge in [-0.3, -0.25) is 14.5 Å². The van der Waals surface area contributed by atoms with Crippen LogP contribution in [-0.4, -0.2) is 25.4 Å². The molecule has 0 radical (unpaired) electrons. The van der Waals surface area contributed by atoms with E-state index in [-0.39, 0.29) is 10.8 Å². The van der Waals surface area contributed by atoms with Crippen LogP contribution in [0.2, 0.25) is 0 Å². The van der Waals surface area contributed by atoms with Crippen molar-refractivity contribution in [3.05, 3.63) is 91.3 Å². The number of hydrogen-bond donors (Lipinski definition) is 2. The summed E-state index contributed by atoms with van der Waals surface area (Å²) in [6.45, 7) is 1.87. The van der Waals surface area contributed by atoms with Gasteiger partial charge < -0.3 is 10.1 Å². The molecule has 0 aliphatic carbocycles. The number of sulfonamides is 1. The lowest BCUT2D eigenvalue weighted by Gasteiger charge is -2.18. The number of carbonyl (C=O) groups excluding carboxylic acids is 1. The highest BCUT2D eigenvalue weighted by Crippen LogP contribution is 2.27. The van der Waals surface area contributed by atoms with Gasteiger partial charge >= 0.3 is 0 Å². The van der Waals surface area contributed by atoms with Crippen LogP contribution in [0.5, 0.6) is 5.75 Å². The summed E-state index contributed by atoms with van der Waals surface area (Å²) >= 11 is 0. The summed E-state index contributed by atoms with van der Waals surface area (Å²) in [5.74, 6) is 0.326. The largest absolute Gasteiger partial charge is 0.480 e. The average Bonchev–Trinajstić information content (AvgIpc) is 2.83. The van der Waals surface area contributed by atoms with Gasteiger partial charge in [0.2, 0.25) is 0 Å². The van der Waals surface area contributed by atoms with E-state index in [1.807, 2.05) is 49.4 Å². The van der Waals surface area contributed by atoms with Crippen molar-refractivity contribution in [1.82, 2.24) is 4.98 Å². The molecule has 0 fully saturated rings. The first-order chi connectivity index (χ1) is 16.0. The third kappa shape index (κ3) is 5.30. The zero-order chi connectivity index (χ0) is 23.3. The number of carbonyl (C=O) groups is 1. The van der Waals surface area contributed by atoms with Gasteiger partial charge in [0.05, 0.1) is 16.8 Å². The van der Waals surface area contributed by atoms with Crippen LogP contribution < -0.4 is 14.8 Å². The zero-order valence-electron chi connectivity index (χ0n) is 17.9. The molecule has 0 spiro atoms. The van der Waals surface area contributed by atoms with E-state index in [1.165, 1.54) is 18.3 Å². The summed E-state index contributed by atoms with van der Waals surface area (Å²) in [5, 5.41) is 4.76. The molecule has 4 aromatic rings. The van der Waals surface area contributed by atoms with Crippen molar-refractivity contribution in [2.45, 2.75) is 24.3 Å². The Hall–Kier alpha value is -3.91. The van der Waals surface area contributed by atoms with Crippen LogP contribution in [0.15, 0.2) is 96.2 Å². The molecule has 0 bridgehead atoms. The molecule has 2 N–H and O–H groups in total. The molecule has 1 heterocycles. The third-order valence-electron chi connectivity index (χ3n) is 5.03. The fourth-order valence-corrected chi connectivity index (χ4v) is 4.39. The van der Waals surface area contributed by atoms with Crippen molar-refractivity contribution < 1.29 is 17.9 Å². The van der Waals surface area contributed by atoms with Gasteiger partial charge in [0.1, 0.15) is 5.75 Å². The van der Waals surface area contributed by atoms with Gasteiger partial charge in [-0.25, -0.2) is 8.42 Å². The zero-order valence-corrected chi connectivity index (χ0v) is 18.7. The predicted octanol–water partition coefficient (Wildman–Crippen LogP) is 4.83. The SMILES string of the molecule is CC[C@@H](Oc1cccc2ccccc12)C(=O)Nc1ccc(S(=O)(=O)Nc2cccnc2)cc1. The normalized spacial score (nSPS) is 12.2. The van der Waals surface area contributed by atoms with Crippen molar-refractivity contribution in [1.29, 1.82) is 0 Å². The van der Waals surface area contributed by atoms with Crippen molar-refractivity contribution >= 4 is 38.1 Å². The molecule has 168 valence electrons. The van der Waals surface area contributed by atoms with Crippen molar-refractivity contribution in [2.24, 2.45) is 0 Å². The molecule has 0 unspecified atom stereocenters. The van der Waals surface area contributed by atoms with Gasteiger partial charge in [-0.15, -0.1) is 0 Å². The Morgan fingerprint density at radius 3 is 2.42 bits per heavy atom. The number of fused-ring (bicyclic) bond motifs is 1. The summed E-state index contributed by atoms with van der Waals surface area (Å²) in [6, 6.07) is 22.7. The summed E-state index contributed by atoms with van der Waals surface area (Å²) in [7, 11) is -3.77. The Bertz CT molecular complexity index is 1350. The van der Waals surface area contributed by atoms with Crippen LogP contribution in [0.1, 0.15) is 13.3 Å². The molecule has 0 saturated carbocycles. The summed E-state index contributed by atoms with van der Waals surface area (Å²) < 4.78 is 33.6. The van der Waals surface area contributed by atoms with Crippen LogP contribution in [0, 0.1) is 0 Å². The lowest BCUT2D eigenvalue weighted by atomic mass is 10.1. The van der Waals surface area contributed by atoms with E-state index in [0.717, 1.165) is 10.8 Å². The molecule has 1 amide bonds. The highest BCUT2D eigenvalue weighted by atomic mass is 32.2. The fourth-order valence-electron chi connectivity index (χ4n) is 3.35. The van der Waals surface area contributed by atoms with Crippen molar-refractivity contribution in [3.8, 4) is 5.75 Å². The van der Waals surface area contributed by atoms with E-state index in [0.29, 0.717) is 23.5 Å². The lowest BCUT2D eigenvalue weighted by molar-refractivity contribution is -0.122. The number of anilines is 2. The second-order valence-electron chi connectivity index (χ2n) is 7.35. The van der Waals surface area contributed by atoms with Crippen LogP contribution in [0.25, 0.3) is 10.8 Å². The quantitative estimate of drug-likeness (QED) is 0.392. The molecule has 3 aromatic carbocycles. The maximum absolute atomic E-state index is 12.8. The molecule has 7 nitrogen and oxygen atoms in total. The molecule has 0 saturated heterocycles. The molecule has 0 aliphatic rings. The third-order valence-corrected chi connectivity index (χ3v) is 6.43. The first-order valence-electron chi connectivity index (χ1n) is 10.4. The van der Waals surface area contributed by atoms with E-state index in [1.54, 1.807) is 30.5 Å². The molecular formula is C25H23N3O4S. The summed E-state index contributed by atoms with van der Waals surface area (Å²) in [4.78, 5) is 16.8. The highest BCUT2D eigenvalue weighted by molar-refractivity contribution is 7.92. The van der Waals surface area contributed by atoms with E-state index < -0.39 is 16.1 Å². The van der Waals surface area contributed by atoms with Gasteiger partial charge in [-0.2, -0.15) is 0 Å². The predicted molar refractivity (Wildman–Crippen MR) is 129 cm³/mol. The molecule has 1 atom stereocenters. The topological polar surface area (TPSA) is 97.4 Å². The molecular weight excluding hydrogens is 438 g/mol. The minimum absolute atomic E-state index is 0.0726. The smallest absolute Gasteiger partial charge is 0.265 e. The number of ether oxygens (including phenoxy) is 1. The van der Waals surface area contributed by atoms with E-state index in [4.69, 9.17) is 4.74 Å². The summed E-state index contributed by atoms with van der Waals surface area (Å²) in [5.41, 5.74) is 0.839. The molecule has 1 aromatic heterocycles. The number of benzene rings is 3. The molecule has 4 rings (SSSR count). The van der Waals surface area contributed by atoms with Gasteiger partial charge in [0, 0.05) is 17.3 Å². The number of rotatable bonds is 8. The Labute approximate surface area is 192 Å². The Balaban J connectivity index is 1.45. The van der Waals surface area contributed by atoms with Crippen LogP contribution >= 0.6 is 0 Å². The minimum Gasteiger partial charge on any atom is -0.480 e. The van der Waals surface area contributed by atoms with Gasteiger partial charge in [0.15, 0.2) is 6.10 Å². The highest BCUT2D eigenvalue weighted by Gasteiger charge is 2.20. The first kappa shape index (κ1) is 22.3. The number of amides is 1. The minimum atomic E-state index is -3.77. The second kappa shape index (κ2) is 9.70. The fraction of sp³-hybridized carbons (Fsp3) is 0.120. The Morgan fingerprint density at radius 1 is 0.939 bits per heavy atom. The van der Waals surface area contributed by atoms with Gasteiger partial charge in [-0.1, -0.05) is 43.3 Å². The van der Waals surface area contributed by atoms with Crippen LogP contribution in [-0.2, 0) is 14.8 Å². The van der Waals surface area contributed by atoms with Gasteiger partial charge in [-0.05, 0) is 54.3 Å². The first-order valence-corrected chi connectivity index (χ1v) is 11.9. The maximum Gasteiger partial charge on any atom is 0.265 e. The Kier molecular flexibility index (Phi) is 6.55. The lowest BCUT2D eigenvalue weighted by Crippen LogP contribution is -2.32. The maximum atomic E-state index is 12.8. The summed E-state index contributed by atoms with van der Waals surface area (Å²) in [6.07, 6.45) is 2.75.